The molecule has 4 rings (SSSR count). The van der Waals surface area contributed by atoms with Crippen LogP contribution >= 0.6 is 12.2 Å². The molecule has 1 heterocycles. The number of carbonyl (C=O) groups is 1. The van der Waals surface area contributed by atoms with Crippen molar-refractivity contribution in [1.82, 2.24) is 4.90 Å². The number of likely N-dealkylation sites (N-methyl/N-ethyl adjacent to an activating group) is 1. The predicted octanol–water partition coefficient (Wildman–Crippen LogP) is 5.28. The van der Waals surface area contributed by atoms with Gasteiger partial charge in [0.05, 0.1) is 19.4 Å². The van der Waals surface area contributed by atoms with Gasteiger partial charge in [-0.1, -0.05) is 36.4 Å². The minimum Gasteiger partial charge on any atom is -0.494 e. The molecule has 0 saturated carbocycles. The summed E-state index contributed by atoms with van der Waals surface area (Å²) in [7, 11) is 3.38. The molecule has 1 aliphatic rings. The summed E-state index contributed by atoms with van der Waals surface area (Å²) in [5, 5.41) is 0.412. The van der Waals surface area contributed by atoms with Gasteiger partial charge in [-0.15, -0.1) is 0 Å². The maximum absolute atomic E-state index is 13.3. The van der Waals surface area contributed by atoms with Crippen LogP contribution in [-0.2, 0) is 11.4 Å². The van der Waals surface area contributed by atoms with E-state index in [-0.39, 0.29) is 5.91 Å². The lowest BCUT2D eigenvalue weighted by molar-refractivity contribution is -0.114. The zero-order valence-corrected chi connectivity index (χ0v) is 20.2. The van der Waals surface area contributed by atoms with Crippen LogP contribution in [0.5, 0.6) is 17.2 Å². The first-order valence-corrected chi connectivity index (χ1v) is 11.3. The largest absolute Gasteiger partial charge is 0.494 e. The third-order valence-electron chi connectivity index (χ3n) is 5.40. The topological polar surface area (TPSA) is 51.2 Å². The fourth-order valence-electron chi connectivity index (χ4n) is 3.63. The summed E-state index contributed by atoms with van der Waals surface area (Å²) in [5.74, 6) is 1.77. The minimum atomic E-state index is -0.194. The number of hydrogen-bond donors (Lipinski definition) is 0. The molecule has 0 N–H and O–H groups in total. The van der Waals surface area contributed by atoms with E-state index in [9.17, 15) is 4.79 Å². The minimum absolute atomic E-state index is 0.194. The number of carbonyl (C=O) groups excluding carboxylic acids is 1. The first-order valence-electron chi connectivity index (χ1n) is 10.9. The molecule has 0 radical (unpaired) electrons. The highest BCUT2D eigenvalue weighted by Crippen LogP contribution is 2.32. The van der Waals surface area contributed by atoms with E-state index in [1.54, 1.807) is 25.1 Å². The van der Waals surface area contributed by atoms with E-state index in [0.29, 0.717) is 41.2 Å². The normalized spacial score (nSPS) is 14.6. The molecule has 0 atom stereocenters. The fourth-order valence-corrected chi connectivity index (χ4v) is 3.92. The number of benzene rings is 3. The van der Waals surface area contributed by atoms with E-state index in [1.807, 2.05) is 79.7 Å². The Morgan fingerprint density at radius 3 is 2.35 bits per heavy atom. The van der Waals surface area contributed by atoms with Gasteiger partial charge in [0, 0.05) is 7.05 Å². The highest BCUT2D eigenvalue weighted by atomic mass is 32.1. The van der Waals surface area contributed by atoms with Crippen LogP contribution in [0.2, 0.25) is 0 Å². The number of methoxy groups -OCH3 is 1. The smallest absolute Gasteiger partial charge is 0.281 e. The summed E-state index contributed by atoms with van der Waals surface area (Å²) >= 11 is 5.56. The molecule has 3 aromatic rings. The van der Waals surface area contributed by atoms with E-state index >= 15 is 0 Å². The van der Waals surface area contributed by atoms with Gasteiger partial charge < -0.3 is 19.1 Å². The van der Waals surface area contributed by atoms with Crippen molar-refractivity contribution in [3.8, 4) is 17.2 Å². The van der Waals surface area contributed by atoms with Crippen molar-refractivity contribution in [3.63, 3.8) is 0 Å². The molecule has 0 spiro atoms. The van der Waals surface area contributed by atoms with Crippen LogP contribution in [0, 0.1) is 0 Å². The average molecular weight is 475 g/mol. The Bertz CT molecular complexity index is 1210. The number of hydrogen-bond acceptors (Lipinski definition) is 5. The summed E-state index contributed by atoms with van der Waals surface area (Å²) < 4.78 is 17.0. The van der Waals surface area contributed by atoms with E-state index in [0.717, 1.165) is 16.9 Å². The predicted molar refractivity (Wildman–Crippen MR) is 137 cm³/mol. The summed E-state index contributed by atoms with van der Waals surface area (Å²) in [5.41, 5.74) is 3.03. The maximum atomic E-state index is 13.3. The third-order valence-corrected chi connectivity index (χ3v) is 5.85. The van der Waals surface area contributed by atoms with E-state index < -0.39 is 0 Å². The van der Waals surface area contributed by atoms with Gasteiger partial charge in [-0.05, 0) is 72.7 Å². The summed E-state index contributed by atoms with van der Waals surface area (Å²) in [6.45, 7) is 2.94. The van der Waals surface area contributed by atoms with Crippen molar-refractivity contribution in [2.24, 2.45) is 0 Å². The van der Waals surface area contributed by atoms with Gasteiger partial charge in [0.25, 0.3) is 5.91 Å². The van der Waals surface area contributed by atoms with E-state index in [1.165, 1.54) is 4.90 Å². The van der Waals surface area contributed by atoms with Gasteiger partial charge in [-0.3, -0.25) is 9.69 Å². The Hall–Kier alpha value is -3.84. The van der Waals surface area contributed by atoms with Gasteiger partial charge in [0.15, 0.2) is 16.6 Å². The van der Waals surface area contributed by atoms with Crippen molar-refractivity contribution in [1.29, 1.82) is 0 Å². The van der Waals surface area contributed by atoms with Gasteiger partial charge in [-0.2, -0.15) is 0 Å². The summed E-state index contributed by atoms with van der Waals surface area (Å²) in [6.07, 6.45) is 1.80. The second kappa shape index (κ2) is 10.4. The van der Waals surface area contributed by atoms with Crippen LogP contribution in [-0.4, -0.2) is 36.7 Å². The van der Waals surface area contributed by atoms with Crippen LogP contribution in [0.1, 0.15) is 18.1 Å². The molecule has 7 heteroatoms. The van der Waals surface area contributed by atoms with Crippen LogP contribution in [0.25, 0.3) is 6.08 Å². The van der Waals surface area contributed by atoms with Crippen molar-refractivity contribution >= 4 is 35.0 Å². The Balaban J connectivity index is 1.55. The molecule has 34 heavy (non-hydrogen) atoms. The molecule has 0 aromatic heterocycles. The van der Waals surface area contributed by atoms with Crippen LogP contribution in [0.15, 0.2) is 78.5 Å². The van der Waals surface area contributed by atoms with Gasteiger partial charge >= 0.3 is 0 Å². The standard InChI is InChI=1S/C27H26N2O4S/c1-4-32-22-13-11-21(12-14-22)29-26(30)23(28(2)27(29)34)16-20-10-15-24(25(17-20)31-3)33-18-19-8-6-5-7-9-19/h5-17H,4,18H2,1-3H3/b23-16-. The molecule has 1 aliphatic heterocycles. The van der Waals surface area contributed by atoms with Crippen LogP contribution in [0.4, 0.5) is 5.69 Å². The Kier molecular flexibility index (Phi) is 7.13. The van der Waals surface area contributed by atoms with Crippen molar-refractivity contribution in [2.45, 2.75) is 13.5 Å². The highest BCUT2D eigenvalue weighted by Gasteiger charge is 2.36. The number of rotatable bonds is 8. The number of nitrogens with zero attached hydrogens (tertiary/aromatic N) is 2. The van der Waals surface area contributed by atoms with E-state index in [4.69, 9.17) is 26.4 Å². The van der Waals surface area contributed by atoms with Crippen molar-refractivity contribution < 1.29 is 19.0 Å². The third kappa shape index (κ3) is 4.89. The zero-order chi connectivity index (χ0) is 24.1. The Labute approximate surface area is 205 Å². The summed E-state index contributed by atoms with van der Waals surface area (Å²) in [6, 6.07) is 22.8. The lowest BCUT2D eigenvalue weighted by Crippen LogP contribution is -2.31. The van der Waals surface area contributed by atoms with Crippen LogP contribution in [0.3, 0.4) is 0 Å². The highest BCUT2D eigenvalue weighted by molar-refractivity contribution is 7.80. The van der Waals surface area contributed by atoms with Crippen molar-refractivity contribution in [2.75, 3.05) is 25.7 Å². The molecule has 3 aromatic carbocycles. The molecule has 1 saturated heterocycles. The average Bonchev–Trinajstić information content (AvgIpc) is 3.07. The second-order valence-electron chi connectivity index (χ2n) is 7.62. The molecule has 1 fully saturated rings. The zero-order valence-electron chi connectivity index (χ0n) is 19.4. The van der Waals surface area contributed by atoms with Gasteiger partial charge in [0.2, 0.25) is 0 Å². The lowest BCUT2D eigenvalue weighted by Gasteiger charge is -2.16. The fraction of sp³-hybridized carbons (Fsp3) is 0.185. The second-order valence-corrected chi connectivity index (χ2v) is 7.99. The molecule has 0 aliphatic carbocycles. The lowest BCUT2D eigenvalue weighted by atomic mass is 10.1. The number of anilines is 1. The molecule has 174 valence electrons. The first-order chi connectivity index (χ1) is 16.5. The van der Waals surface area contributed by atoms with E-state index in [2.05, 4.69) is 0 Å². The number of amides is 1. The Morgan fingerprint density at radius 2 is 1.68 bits per heavy atom. The molecule has 1 amide bonds. The van der Waals surface area contributed by atoms with Gasteiger partial charge in [-0.25, -0.2) is 0 Å². The van der Waals surface area contributed by atoms with Gasteiger partial charge in [0.1, 0.15) is 18.1 Å². The maximum Gasteiger partial charge on any atom is 0.281 e. The molecular formula is C27H26N2O4S. The summed E-state index contributed by atoms with van der Waals surface area (Å²) in [4.78, 5) is 16.5. The molecule has 0 unspecified atom stereocenters. The number of thiocarbonyl (C=S) groups is 1. The van der Waals surface area contributed by atoms with Crippen molar-refractivity contribution in [3.05, 3.63) is 89.6 Å². The molecule has 0 bridgehead atoms. The number of ether oxygens (including phenoxy) is 3. The SMILES string of the molecule is CCOc1ccc(N2C(=O)/C(=C/c3ccc(OCc4ccccc4)c(OC)c3)N(C)C2=S)cc1. The first kappa shape index (κ1) is 23.3. The Morgan fingerprint density at radius 1 is 0.941 bits per heavy atom. The van der Waals surface area contributed by atoms with Crippen LogP contribution < -0.4 is 19.1 Å². The monoisotopic (exact) mass is 474 g/mol. The molecule has 6 nitrogen and oxygen atoms in total. The quantitative estimate of drug-likeness (QED) is 0.327. The molecular weight excluding hydrogens is 448 g/mol.